The average Bonchev–Trinajstić information content (AvgIpc) is 2.05. The van der Waals surface area contributed by atoms with Crippen LogP contribution < -0.4 is 0 Å². The molecule has 2 nitrogen and oxygen atoms in total. The summed E-state index contributed by atoms with van der Waals surface area (Å²) in [5.74, 6) is 0.981. The summed E-state index contributed by atoms with van der Waals surface area (Å²) in [4.78, 5) is 0. The molecular formula is C8H12O2. The molecule has 0 aromatic heterocycles. The molecule has 1 aliphatic rings. The molecule has 1 rings (SSSR count). The highest BCUT2D eigenvalue weighted by Gasteiger charge is 2.09. The highest BCUT2D eigenvalue weighted by atomic mass is 16.5. The van der Waals surface area contributed by atoms with Crippen molar-refractivity contribution in [2.24, 2.45) is 0 Å². The summed E-state index contributed by atoms with van der Waals surface area (Å²) < 4.78 is 10.2. The molecule has 2 heteroatoms. The second kappa shape index (κ2) is 3.42. The third-order valence-corrected chi connectivity index (χ3v) is 1.58. The predicted octanol–water partition coefficient (Wildman–Crippen LogP) is 1.49. The van der Waals surface area contributed by atoms with E-state index in [1.54, 1.807) is 14.2 Å². The molecule has 0 saturated heterocycles. The van der Waals surface area contributed by atoms with E-state index in [1.165, 1.54) is 0 Å². The molecule has 1 unspecified atom stereocenters. The lowest BCUT2D eigenvalue weighted by Crippen LogP contribution is -2.11. The van der Waals surface area contributed by atoms with Gasteiger partial charge in [0.25, 0.3) is 0 Å². The molecule has 0 aromatic rings. The highest BCUT2D eigenvalue weighted by molar-refractivity contribution is 5.16. The fraction of sp³-hybridized carbons (Fsp3) is 0.500. The van der Waals surface area contributed by atoms with E-state index in [9.17, 15) is 0 Å². The van der Waals surface area contributed by atoms with Gasteiger partial charge in [-0.25, -0.2) is 0 Å². The second-order valence-electron chi connectivity index (χ2n) is 2.20. The van der Waals surface area contributed by atoms with Gasteiger partial charge in [0.2, 0.25) is 0 Å². The van der Waals surface area contributed by atoms with Crippen molar-refractivity contribution in [3.8, 4) is 0 Å². The zero-order valence-corrected chi connectivity index (χ0v) is 6.33. The van der Waals surface area contributed by atoms with Crippen molar-refractivity contribution in [1.29, 1.82) is 0 Å². The van der Waals surface area contributed by atoms with Crippen LogP contribution in [0.5, 0.6) is 0 Å². The molecule has 0 bridgehead atoms. The number of hydrogen-bond acceptors (Lipinski definition) is 2. The zero-order chi connectivity index (χ0) is 7.40. The lowest BCUT2D eigenvalue weighted by molar-refractivity contribution is 0.121. The molecule has 10 heavy (non-hydrogen) atoms. The quantitative estimate of drug-likeness (QED) is 0.578. The minimum atomic E-state index is 0.194. The van der Waals surface area contributed by atoms with E-state index < -0.39 is 0 Å². The van der Waals surface area contributed by atoms with Crippen molar-refractivity contribution >= 4 is 0 Å². The summed E-state index contributed by atoms with van der Waals surface area (Å²) in [6.45, 7) is 0. The van der Waals surface area contributed by atoms with E-state index in [0.29, 0.717) is 0 Å². The van der Waals surface area contributed by atoms with Crippen LogP contribution in [0.1, 0.15) is 6.42 Å². The van der Waals surface area contributed by atoms with Crippen LogP contribution in [0.15, 0.2) is 24.0 Å². The molecule has 56 valence electrons. The van der Waals surface area contributed by atoms with Crippen molar-refractivity contribution in [2.45, 2.75) is 12.5 Å². The second-order valence-corrected chi connectivity index (χ2v) is 2.20. The summed E-state index contributed by atoms with van der Waals surface area (Å²) in [6.07, 6.45) is 6.97. The molecule has 0 saturated carbocycles. The Morgan fingerprint density at radius 2 is 2.30 bits per heavy atom. The molecule has 0 fully saturated rings. The highest BCUT2D eigenvalue weighted by Crippen LogP contribution is 2.14. The van der Waals surface area contributed by atoms with Crippen molar-refractivity contribution in [3.05, 3.63) is 24.0 Å². The van der Waals surface area contributed by atoms with Crippen molar-refractivity contribution in [3.63, 3.8) is 0 Å². The number of hydrogen-bond donors (Lipinski definition) is 0. The van der Waals surface area contributed by atoms with Gasteiger partial charge in [-0.3, -0.25) is 0 Å². The molecule has 0 aromatic carbocycles. The SMILES string of the molecule is COC1=CC=CC(OC)C1. The van der Waals surface area contributed by atoms with Crippen molar-refractivity contribution in [1.82, 2.24) is 0 Å². The van der Waals surface area contributed by atoms with E-state index in [-0.39, 0.29) is 6.10 Å². The van der Waals surface area contributed by atoms with Gasteiger partial charge in [0.1, 0.15) is 0 Å². The van der Waals surface area contributed by atoms with Gasteiger partial charge >= 0.3 is 0 Å². The standard InChI is InChI=1S/C8H12O2/c1-9-7-4-3-5-8(6-7)10-2/h3-5,7H,6H2,1-2H3. The molecule has 0 spiro atoms. The predicted molar refractivity (Wildman–Crippen MR) is 39.6 cm³/mol. The van der Waals surface area contributed by atoms with Crippen LogP contribution in [0, 0.1) is 0 Å². The van der Waals surface area contributed by atoms with Crippen LogP contribution in [-0.2, 0) is 9.47 Å². The largest absolute Gasteiger partial charge is 0.501 e. The third-order valence-electron chi connectivity index (χ3n) is 1.58. The maximum atomic E-state index is 5.12. The van der Waals surface area contributed by atoms with E-state index in [0.717, 1.165) is 12.2 Å². The minimum absolute atomic E-state index is 0.194. The normalized spacial score (nSPS) is 24.2. The molecule has 0 heterocycles. The topological polar surface area (TPSA) is 18.5 Å². The minimum Gasteiger partial charge on any atom is -0.501 e. The Labute approximate surface area is 61.1 Å². The van der Waals surface area contributed by atoms with Crippen LogP contribution in [-0.4, -0.2) is 20.3 Å². The molecule has 0 N–H and O–H groups in total. The summed E-state index contributed by atoms with van der Waals surface area (Å²) in [7, 11) is 3.38. The van der Waals surface area contributed by atoms with Gasteiger partial charge in [0, 0.05) is 13.5 Å². The smallest absolute Gasteiger partial charge is 0.0984 e. The lowest BCUT2D eigenvalue weighted by atomic mass is 10.1. The van der Waals surface area contributed by atoms with Crippen LogP contribution in [0.2, 0.25) is 0 Å². The van der Waals surface area contributed by atoms with Gasteiger partial charge in [0.15, 0.2) is 0 Å². The fourth-order valence-electron chi connectivity index (χ4n) is 0.934. The first-order valence-corrected chi connectivity index (χ1v) is 3.31. The number of rotatable bonds is 2. The molecule has 0 aliphatic heterocycles. The fourth-order valence-corrected chi connectivity index (χ4v) is 0.934. The summed E-state index contributed by atoms with van der Waals surface area (Å²) in [6, 6.07) is 0. The van der Waals surface area contributed by atoms with Gasteiger partial charge in [-0.05, 0) is 6.08 Å². The van der Waals surface area contributed by atoms with E-state index in [2.05, 4.69) is 0 Å². The van der Waals surface area contributed by atoms with Gasteiger partial charge in [0.05, 0.1) is 19.0 Å². The Morgan fingerprint density at radius 1 is 1.50 bits per heavy atom. The Bertz CT molecular complexity index is 159. The summed E-state index contributed by atoms with van der Waals surface area (Å²) in [5, 5.41) is 0. The maximum Gasteiger partial charge on any atom is 0.0984 e. The average molecular weight is 140 g/mol. The molecule has 0 radical (unpaired) electrons. The third kappa shape index (κ3) is 1.61. The Kier molecular flexibility index (Phi) is 2.51. The maximum absolute atomic E-state index is 5.12. The first-order valence-electron chi connectivity index (χ1n) is 3.31. The lowest BCUT2D eigenvalue weighted by Gasteiger charge is -2.15. The van der Waals surface area contributed by atoms with Gasteiger partial charge in [-0.2, -0.15) is 0 Å². The van der Waals surface area contributed by atoms with Crippen LogP contribution in [0.25, 0.3) is 0 Å². The van der Waals surface area contributed by atoms with Gasteiger partial charge in [-0.1, -0.05) is 12.2 Å². The Balaban J connectivity index is 2.50. The molecule has 1 aliphatic carbocycles. The molecule has 0 amide bonds. The monoisotopic (exact) mass is 140 g/mol. The van der Waals surface area contributed by atoms with Gasteiger partial charge in [-0.15, -0.1) is 0 Å². The first kappa shape index (κ1) is 7.35. The van der Waals surface area contributed by atoms with E-state index >= 15 is 0 Å². The van der Waals surface area contributed by atoms with Gasteiger partial charge < -0.3 is 9.47 Å². The number of ether oxygens (including phenoxy) is 2. The molecular weight excluding hydrogens is 128 g/mol. The summed E-state index contributed by atoms with van der Waals surface area (Å²) >= 11 is 0. The van der Waals surface area contributed by atoms with Crippen molar-refractivity contribution < 1.29 is 9.47 Å². The number of allylic oxidation sites excluding steroid dienone is 2. The Morgan fingerprint density at radius 3 is 2.90 bits per heavy atom. The van der Waals surface area contributed by atoms with Crippen molar-refractivity contribution in [2.75, 3.05) is 14.2 Å². The van der Waals surface area contributed by atoms with Crippen LogP contribution >= 0.6 is 0 Å². The van der Waals surface area contributed by atoms with Crippen LogP contribution in [0.4, 0.5) is 0 Å². The van der Waals surface area contributed by atoms with Crippen LogP contribution in [0.3, 0.4) is 0 Å². The Hall–Kier alpha value is -0.760. The molecule has 1 atom stereocenters. The van der Waals surface area contributed by atoms with E-state index in [1.807, 2.05) is 18.2 Å². The number of methoxy groups -OCH3 is 2. The van der Waals surface area contributed by atoms with E-state index in [4.69, 9.17) is 9.47 Å². The zero-order valence-electron chi connectivity index (χ0n) is 6.33. The summed E-state index contributed by atoms with van der Waals surface area (Å²) in [5.41, 5.74) is 0. The first-order chi connectivity index (χ1) is 4.86.